The number of rotatable bonds is 2. The molecule has 0 fully saturated rings. The smallest absolute Gasteiger partial charge is 0.0943 e. The van der Waals surface area contributed by atoms with Gasteiger partial charge in [-0.3, -0.25) is 5.04 Å². The number of hydrogen-bond acceptors (Lipinski definition) is 6. The van der Waals surface area contributed by atoms with Crippen LogP contribution in [-0.4, -0.2) is 52.6 Å². The average molecular weight is 386 g/mol. The first-order valence-electron chi connectivity index (χ1n) is 6.48. The standard InChI is InChI=1S/C6H12N2.C4H6N2.C2H5Cl.CH4O3.4CH4/c1-3-8-5-4-7(2)6-8;1-6-3-2-5-4-6;1-2-3;1-3-4-2;;;;/h4-5H,3,6H2,1-2H3;2-4H,1H3;2H2,1H3;2H,1H3;4*1H4/p-1. The molecular weight excluding hydrogens is 344 g/mol. The first-order chi connectivity index (χ1) is 10.0. The van der Waals surface area contributed by atoms with Crippen LogP contribution < -0.4 is 5.26 Å². The Hall–Kier alpha value is -1.28. The zero-order chi connectivity index (χ0) is 16.5. The van der Waals surface area contributed by atoms with Crippen LogP contribution in [0.15, 0.2) is 31.1 Å². The normalized spacial score (nSPS) is 9.88. The molecule has 8 heteroatoms. The van der Waals surface area contributed by atoms with Gasteiger partial charge < -0.3 is 19.6 Å². The van der Waals surface area contributed by atoms with Crippen LogP contribution in [-0.2, 0) is 17.0 Å². The molecule has 2 rings (SSSR count). The topological polar surface area (TPSA) is 65.8 Å². The summed E-state index contributed by atoms with van der Waals surface area (Å²) in [5, 5.41) is 11.4. The molecule has 0 aromatic carbocycles. The molecule has 0 radical (unpaired) electrons. The van der Waals surface area contributed by atoms with Gasteiger partial charge in [0, 0.05) is 51.3 Å². The van der Waals surface area contributed by atoms with E-state index in [4.69, 9.17) is 16.9 Å². The fraction of sp³-hybridized carbons (Fsp3) is 0.706. The highest BCUT2D eigenvalue weighted by Crippen LogP contribution is 2.00. The highest BCUT2D eigenvalue weighted by atomic mass is 35.5. The molecule has 0 saturated carbocycles. The third kappa shape index (κ3) is 31.1. The number of alkyl halides is 1. The zero-order valence-corrected chi connectivity index (χ0v) is 14.2. The number of hydrogen-bond donors (Lipinski definition) is 0. The van der Waals surface area contributed by atoms with Crippen molar-refractivity contribution in [1.29, 1.82) is 0 Å². The van der Waals surface area contributed by atoms with E-state index >= 15 is 0 Å². The van der Waals surface area contributed by atoms with Crippen molar-refractivity contribution in [3.63, 3.8) is 0 Å². The number of nitrogens with zero attached hydrogens (tertiary/aromatic N) is 4. The van der Waals surface area contributed by atoms with Gasteiger partial charge in [0.2, 0.25) is 0 Å². The van der Waals surface area contributed by atoms with Crippen LogP contribution in [0.4, 0.5) is 0 Å². The third-order valence-corrected chi connectivity index (χ3v) is 2.05. The molecule has 1 aromatic rings. The van der Waals surface area contributed by atoms with Crippen molar-refractivity contribution < 1.29 is 15.2 Å². The van der Waals surface area contributed by atoms with Gasteiger partial charge in [0.25, 0.3) is 0 Å². The van der Waals surface area contributed by atoms with Crippen LogP contribution in [0.2, 0.25) is 0 Å². The summed E-state index contributed by atoms with van der Waals surface area (Å²) in [6, 6.07) is 0. The van der Waals surface area contributed by atoms with Gasteiger partial charge in [-0.2, -0.15) is 0 Å². The van der Waals surface area contributed by atoms with Crippen molar-refractivity contribution in [2.75, 3.05) is 33.3 Å². The average Bonchev–Trinajstić information content (AvgIpc) is 3.12. The third-order valence-electron chi connectivity index (χ3n) is 2.05. The molecule has 0 N–H and O–H groups in total. The van der Waals surface area contributed by atoms with Crippen LogP contribution in [0.1, 0.15) is 43.6 Å². The maximum atomic E-state index is 8.58. The van der Waals surface area contributed by atoms with Crippen molar-refractivity contribution in [2.24, 2.45) is 7.05 Å². The Balaban J connectivity index is -0.0000000485. The van der Waals surface area contributed by atoms with Crippen molar-refractivity contribution in [2.45, 2.75) is 43.6 Å². The first-order valence-corrected chi connectivity index (χ1v) is 7.02. The molecule has 25 heavy (non-hydrogen) atoms. The van der Waals surface area contributed by atoms with Gasteiger partial charge in [0.1, 0.15) is 0 Å². The second-order valence-corrected chi connectivity index (χ2v) is 4.37. The van der Waals surface area contributed by atoms with E-state index in [2.05, 4.69) is 51.1 Å². The SMILES string of the molecule is C.C.C.C.CCCl.CCN1C=CN(C)C1.COO[O-].Cn1ccnc1. The van der Waals surface area contributed by atoms with Gasteiger partial charge in [0.15, 0.2) is 0 Å². The lowest BCUT2D eigenvalue weighted by atomic mass is 10.6. The zero-order valence-electron chi connectivity index (χ0n) is 13.4. The summed E-state index contributed by atoms with van der Waals surface area (Å²) in [5.74, 6) is 0.722. The molecule has 0 aliphatic carbocycles. The van der Waals surface area contributed by atoms with E-state index in [-0.39, 0.29) is 29.7 Å². The molecule has 156 valence electrons. The molecule has 7 nitrogen and oxygen atoms in total. The van der Waals surface area contributed by atoms with Crippen LogP contribution in [0.5, 0.6) is 0 Å². The lowest BCUT2D eigenvalue weighted by molar-refractivity contribution is -0.796. The lowest BCUT2D eigenvalue weighted by Gasteiger charge is -2.14. The van der Waals surface area contributed by atoms with E-state index < -0.39 is 0 Å². The van der Waals surface area contributed by atoms with Gasteiger partial charge in [-0.25, -0.2) is 9.87 Å². The fourth-order valence-electron chi connectivity index (χ4n) is 1.12. The van der Waals surface area contributed by atoms with Crippen molar-refractivity contribution in [1.82, 2.24) is 19.4 Å². The molecule has 0 spiro atoms. The number of aromatic nitrogens is 2. The maximum Gasteiger partial charge on any atom is 0.0943 e. The van der Waals surface area contributed by atoms with Crippen molar-refractivity contribution in [3.05, 3.63) is 31.1 Å². The summed E-state index contributed by atoms with van der Waals surface area (Å²) in [4.78, 5) is 11.7. The van der Waals surface area contributed by atoms with Crippen molar-refractivity contribution in [3.8, 4) is 0 Å². The summed E-state index contributed by atoms with van der Waals surface area (Å²) in [6.07, 6.45) is 9.59. The number of halogens is 1. The highest BCUT2D eigenvalue weighted by molar-refractivity contribution is 6.17. The Kier molecular flexibility index (Phi) is 47.7. The predicted molar refractivity (Wildman–Crippen MR) is 109 cm³/mol. The molecule has 2 heterocycles. The van der Waals surface area contributed by atoms with Crippen LogP contribution >= 0.6 is 11.6 Å². The molecule has 1 aliphatic rings. The van der Waals surface area contributed by atoms with E-state index in [0.717, 1.165) is 26.2 Å². The van der Waals surface area contributed by atoms with Crippen molar-refractivity contribution >= 4 is 11.6 Å². The summed E-state index contributed by atoms with van der Waals surface area (Å²) < 4.78 is 1.89. The van der Waals surface area contributed by atoms with E-state index in [9.17, 15) is 0 Å². The minimum Gasteiger partial charge on any atom is -0.692 e. The minimum absolute atomic E-state index is 0. The van der Waals surface area contributed by atoms with Crippen LogP contribution in [0.25, 0.3) is 0 Å². The number of imidazole rings is 1. The maximum absolute atomic E-state index is 8.58. The monoisotopic (exact) mass is 385 g/mol. The Morgan fingerprint density at radius 3 is 1.72 bits per heavy atom. The summed E-state index contributed by atoms with van der Waals surface area (Å²) in [7, 11) is 5.16. The minimum atomic E-state index is 0. The molecule has 0 amide bonds. The Labute approximate surface area is 161 Å². The van der Waals surface area contributed by atoms with Crippen LogP contribution in [0.3, 0.4) is 0 Å². The van der Waals surface area contributed by atoms with E-state index in [1.807, 2.05) is 24.7 Å². The Morgan fingerprint density at radius 2 is 1.60 bits per heavy atom. The van der Waals surface area contributed by atoms with Gasteiger partial charge in [0.05, 0.1) is 20.1 Å². The van der Waals surface area contributed by atoms with E-state index in [0.29, 0.717) is 0 Å². The molecule has 1 aromatic heterocycles. The molecular formula is C17H42ClN4O3-. The van der Waals surface area contributed by atoms with E-state index in [1.54, 1.807) is 12.5 Å². The molecule has 0 atom stereocenters. The second-order valence-electron chi connectivity index (χ2n) is 3.83. The van der Waals surface area contributed by atoms with Gasteiger partial charge in [-0.15, -0.1) is 11.6 Å². The fourth-order valence-corrected chi connectivity index (χ4v) is 1.12. The molecule has 0 unspecified atom stereocenters. The van der Waals surface area contributed by atoms with Gasteiger partial charge in [-0.05, 0) is 6.92 Å². The largest absolute Gasteiger partial charge is 0.692 e. The van der Waals surface area contributed by atoms with Gasteiger partial charge >= 0.3 is 0 Å². The Morgan fingerprint density at radius 1 is 1.12 bits per heavy atom. The molecule has 0 bridgehead atoms. The summed E-state index contributed by atoms with van der Waals surface area (Å²) in [5.41, 5.74) is 0. The first kappa shape index (κ1) is 39.0. The molecule has 1 aliphatic heterocycles. The Bertz CT molecular complexity index is 324. The molecule has 0 saturated heterocycles. The van der Waals surface area contributed by atoms with Gasteiger partial charge in [-0.1, -0.05) is 36.6 Å². The number of aryl methyl sites for hydroxylation is 1. The summed E-state index contributed by atoms with van der Waals surface area (Å²) in [6.45, 7) is 6.21. The lowest BCUT2D eigenvalue weighted by Crippen LogP contribution is -2.21. The second kappa shape index (κ2) is 30.6. The predicted octanol–water partition coefficient (Wildman–Crippen LogP) is 3.73. The quantitative estimate of drug-likeness (QED) is 0.439. The summed E-state index contributed by atoms with van der Waals surface area (Å²) >= 11 is 5.00. The van der Waals surface area contributed by atoms with Crippen LogP contribution in [0, 0.1) is 0 Å². The highest BCUT2D eigenvalue weighted by Gasteiger charge is 2.03. The van der Waals surface area contributed by atoms with E-state index in [1.165, 1.54) is 0 Å².